The minimum absolute atomic E-state index is 0.586. The summed E-state index contributed by atoms with van der Waals surface area (Å²) >= 11 is 0. The lowest BCUT2D eigenvalue weighted by Crippen LogP contribution is -1.97. The summed E-state index contributed by atoms with van der Waals surface area (Å²) in [6.45, 7) is 0. The molecular weight excluding hydrogens is 520 g/mol. The summed E-state index contributed by atoms with van der Waals surface area (Å²) in [7, 11) is 0. The zero-order valence-electron chi connectivity index (χ0n) is 22.3. The molecule has 0 spiro atoms. The van der Waals surface area contributed by atoms with Gasteiger partial charge in [-0.2, -0.15) is 0 Å². The van der Waals surface area contributed by atoms with Gasteiger partial charge in [0, 0.05) is 70.6 Å². The number of rotatable bonds is 6. The van der Waals surface area contributed by atoms with Crippen molar-refractivity contribution < 1.29 is 0 Å². The molecule has 0 fully saturated rings. The van der Waals surface area contributed by atoms with E-state index in [1.165, 1.54) is 0 Å². The van der Waals surface area contributed by atoms with Crippen LogP contribution in [-0.2, 0) is 0 Å². The Hall–Kier alpha value is -6.02. The number of hydrogen-bond donors (Lipinski definition) is 0. The number of aromatic nitrogens is 8. The van der Waals surface area contributed by atoms with E-state index in [4.69, 9.17) is 9.97 Å². The van der Waals surface area contributed by atoms with Crippen LogP contribution in [0, 0.1) is 0 Å². The van der Waals surface area contributed by atoms with Crippen LogP contribution < -0.4 is 0 Å². The average Bonchev–Trinajstić information content (AvgIpc) is 3.09. The van der Waals surface area contributed by atoms with Gasteiger partial charge in [-0.3, -0.25) is 0 Å². The van der Waals surface area contributed by atoms with Crippen molar-refractivity contribution in [3.63, 3.8) is 0 Å². The second-order valence-electron chi connectivity index (χ2n) is 9.42. The Bertz CT molecular complexity index is 1740. The Morgan fingerprint density at radius 2 is 0.595 bits per heavy atom. The summed E-state index contributed by atoms with van der Waals surface area (Å²) in [6.07, 6.45) is 10.4. The van der Waals surface area contributed by atoms with E-state index < -0.39 is 0 Å². The highest BCUT2D eigenvalue weighted by Gasteiger charge is 2.14. The monoisotopic (exact) mass is 542 g/mol. The second kappa shape index (κ2) is 11.2. The molecule has 7 aromatic rings. The van der Waals surface area contributed by atoms with Crippen molar-refractivity contribution >= 4 is 0 Å². The van der Waals surface area contributed by atoms with Crippen LogP contribution in [0.3, 0.4) is 0 Å². The van der Waals surface area contributed by atoms with E-state index in [9.17, 15) is 0 Å². The van der Waals surface area contributed by atoms with Gasteiger partial charge in [0.25, 0.3) is 0 Å². The normalized spacial score (nSPS) is 10.9. The van der Waals surface area contributed by atoms with Crippen LogP contribution in [0.2, 0.25) is 0 Å². The molecule has 3 aromatic carbocycles. The third-order valence-corrected chi connectivity index (χ3v) is 6.64. The molecule has 4 heterocycles. The lowest BCUT2D eigenvalue weighted by atomic mass is 10.0. The second-order valence-corrected chi connectivity index (χ2v) is 9.42. The molecule has 0 aliphatic rings. The molecule has 0 amide bonds. The molecule has 0 radical (unpaired) electrons. The quantitative estimate of drug-likeness (QED) is 0.225. The summed E-state index contributed by atoms with van der Waals surface area (Å²) in [6, 6.07) is 31.5. The minimum atomic E-state index is 0.586. The number of nitrogens with zero attached hydrogens (tertiary/aromatic N) is 8. The van der Waals surface area contributed by atoms with E-state index in [1.54, 1.807) is 55.4 Å². The number of benzene rings is 3. The van der Waals surface area contributed by atoms with Gasteiger partial charge in [-0.05, 0) is 42.5 Å². The lowest BCUT2D eigenvalue weighted by molar-refractivity contribution is 1.16. The van der Waals surface area contributed by atoms with Crippen molar-refractivity contribution in [3.8, 4) is 68.1 Å². The van der Waals surface area contributed by atoms with Gasteiger partial charge in [0.1, 0.15) is 0 Å². The lowest BCUT2D eigenvalue weighted by Gasteiger charge is -2.11. The van der Waals surface area contributed by atoms with E-state index >= 15 is 0 Å². The first-order valence-electron chi connectivity index (χ1n) is 13.3. The first-order chi connectivity index (χ1) is 20.8. The molecule has 4 aromatic heterocycles. The van der Waals surface area contributed by atoms with E-state index in [0.717, 1.165) is 44.8 Å². The first kappa shape index (κ1) is 25.0. The van der Waals surface area contributed by atoms with Crippen LogP contribution in [0.5, 0.6) is 0 Å². The standard InChI is InChI=1S/C34H22N8/c1-7-23(19-25(9-1)31-35-13-4-14-36-31)29-22-30(24-8-2-10-26(20-24)32-37-15-5-16-38-32)42-34(41-29)28-12-3-11-27(21-28)33-39-17-6-18-40-33/h1-22H. The Balaban J connectivity index is 1.38. The van der Waals surface area contributed by atoms with E-state index in [2.05, 4.69) is 29.9 Å². The largest absolute Gasteiger partial charge is 0.237 e. The van der Waals surface area contributed by atoms with E-state index in [1.807, 2.05) is 78.9 Å². The van der Waals surface area contributed by atoms with Crippen molar-refractivity contribution in [2.45, 2.75) is 0 Å². The van der Waals surface area contributed by atoms with E-state index in [-0.39, 0.29) is 0 Å². The maximum atomic E-state index is 5.03. The predicted molar refractivity (Wildman–Crippen MR) is 161 cm³/mol. The summed E-state index contributed by atoms with van der Waals surface area (Å²) in [5.41, 5.74) is 6.95. The number of hydrogen-bond acceptors (Lipinski definition) is 8. The van der Waals surface area contributed by atoms with Crippen LogP contribution in [0.15, 0.2) is 134 Å². The van der Waals surface area contributed by atoms with Gasteiger partial charge in [-0.1, -0.05) is 54.6 Å². The molecule has 42 heavy (non-hydrogen) atoms. The fourth-order valence-electron chi connectivity index (χ4n) is 4.65. The van der Waals surface area contributed by atoms with Crippen LogP contribution in [0.4, 0.5) is 0 Å². The maximum Gasteiger partial charge on any atom is 0.160 e. The Labute approximate surface area is 242 Å². The molecule has 0 aliphatic carbocycles. The van der Waals surface area contributed by atoms with Crippen LogP contribution in [0.1, 0.15) is 0 Å². The van der Waals surface area contributed by atoms with Gasteiger partial charge in [-0.15, -0.1) is 0 Å². The Morgan fingerprint density at radius 1 is 0.286 bits per heavy atom. The van der Waals surface area contributed by atoms with Crippen molar-refractivity contribution in [2.75, 3.05) is 0 Å². The van der Waals surface area contributed by atoms with Gasteiger partial charge in [0.05, 0.1) is 11.4 Å². The molecule has 8 nitrogen and oxygen atoms in total. The molecule has 0 unspecified atom stereocenters. The van der Waals surface area contributed by atoms with Crippen LogP contribution in [0.25, 0.3) is 68.1 Å². The highest BCUT2D eigenvalue weighted by Crippen LogP contribution is 2.31. The summed E-state index contributed by atoms with van der Waals surface area (Å²) in [4.78, 5) is 36.6. The molecule has 0 atom stereocenters. The third kappa shape index (κ3) is 5.24. The van der Waals surface area contributed by atoms with Gasteiger partial charge in [0.15, 0.2) is 23.3 Å². The zero-order valence-corrected chi connectivity index (χ0v) is 22.3. The van der Waals surface area contributed by atoms with Gasteiger partial charge >= 0.3 is 0 Å². The minimum Gasteiger partial charge on any atom is -0.237 e. The predicted octanol–water partition coefficient (Wildman–Crippen LogP) is 6.85. The fraction of sp³-hybridized carbons (Fsp3) is 0. The topological polar surface area (TPSA) is 103 Å². The third-order valence-electron chi connectivity index (χ3n) is 6.64. The highest BCUT2D eigenvalue weighted by molar-refractivity contribution is 5.77. The SMILES string of the molecule is c1cnc(-c2cccc(-c3cc(-c4cccc(-c5ncccn5)c4)nc(-c4cccc(-c5ncccn5)c4)n3)c2)nc1. The molecule has 0 saturated heterocycles. The van der Waals surface area contributed by atoms with Crippen molar-refractivity contribution in [1.82, 2.24) is 39.9 Å². The van der Waals surface area contributed by atoms with E-state index in [0.29, 0.717) is 23.3 Å². The molecule has 0 aliphatic heterocycles. The highest BCUT2D eigenvalue weighted by atomic mass is 14.9. The van der Waals surface area contributed by atoms with Gasteiger partial charge < -0.3 is 0 Å². The fourth-order valence-corrected chi connectivity index (χ4v) is 4.65. The molecule has 198 valence electrons. The summed E-state index contributed by atoms with van der Waals surface area (Å²) < 4.78 is 0. The van der Waals surface area contributed by atoms with Gasteiger partial charge in [0.2, 0.25) is 0 Å². The Morgan fingerprint density at radius 3 is 0.976 bits per heavy atom. The maximum absolute atomic E-state index is 5.03. The molecule has 0 saturated carbocycles. The van der Waals surface area contributed by atoms with Crippen molar-refractivity contribution in [1.29, 1.82) is 0 Å². The summed E-state index contributed by atoms with van der Waals surface area (Å²) in [5, 5.41) is 0. The van der Waals surface area contributed by atoms with Crippen LogP contribution in [-0.4, -0.2) is 39.9 Å². The molecular formula is C34H22N8. The molecule has 7 rings (SSSR count). The first-order valence-corrected chi connectivity index (χ1v) is 13.3. The van der Waals surface area contributed by atoms with Crippen molar-refractivity contribution in [2.24, 2.45) is 0 Å². The Kier molecular flexibility index (Phi) is 6.68. The summed E-state index contributed by atoms with van der Waals surface area (Å²) in [5.74, 6) is 2.53. The average molecular weight is 543 g/mol. The smallest absolute Gasteiger partial charge is 0.160 e. The van der Waals surface area contributed by atoms with Gasteiger partial charge in [-0.25, -0.2) is 39.9 Å². The van der Waals surface area contributed by atoms with Crippen molar-refractivity contribution in [3.05, 3.63) is 134 Å². The molecule has 0 bridgehead atoms. The zero-order chi connectivity index (χ0) is 28.1. The molecule has 0 N–H and O–H groups in total. The van der Waals surface area contributed by atoms with Crippen LogP contribution >= 0.6 is 0 Å². The molecule has 8 heteroatoms.